The highest BCUT2D eigenvalue weighted by Crippen LogP contribution is 2.54. The number of anilines is 2. The van der Waals surface area contributed by atoms with Crippen molar-refractivity contribution in [3.8, 4) is 0 Å². The third-order valence-corrected chi connectivity index (χ3v) is 5.47. The van der Waals surface area contributed by atoms with Crippen LogP contribution in [-0.2, 0) is 4.79 Å². The molecule has 3 nitrogen and oxygen atoms in total. The number of piperidine rings is 1. The fraction of sp³-hybridized carbons (Fsp3) is 0.611. The van der Waals surface area contributed by atoms with Crippen LogP contribution in [0, 0.1) is 17.8 Å². The number of para-hydroxylation sites is 2. The van der Waals surface area contributed by atoms with Gasteiger partial charge in [-0.2, -0.15) is 0 Å². The minimum absolute atomic E-state index is 0.242. The highest BCUT2D eigenvalue weighted by Gasteiger charge is 2.48. The summed E-state index contributed by atoms with van der Waals surface area (Å²) in [6.45, 7) is 2.22. The third-order valence-electron chi connectivity index (χ3n) is 5.47. The minimum atomic E-state index is 0.242. The third kappa shape index (κ3) is 2.66. The van der Waals surface area contributed by atoms with Gasteiger partial charge in [0.15, 0.2) is 0 Å². The highest BCUT2D eigenvalue weighted by molar-refractivity contribution is 5.96. The molecule has 1 aliphatic heterocycles. The number of hydrogen-bond acceptors (Lipinski definition) is 2. The van der Waals surface area contributed by atoms with Crippen LogP contribution < -0.4 is 10.2 Å². The van der Waals surface area contributed by atoms with E-state index in [9.17, 15) is 4.79 Å². The van der Waals surface area contributed by atoms with E-state index in [0.717, 1.165) is 43.5 Å². The molecule has 1 N–H and O–H groups in total. The fourth-order valence-corrected chi connectivity index (χ4v) is 4.15. The van der Waals surface area contributed by atoms with E-state index in [0.29, 0.717) is 0 Å². The first kappa shape index (κ1) is 13.2. The summed E-state index contributed by atoms with van der Waals surface area (Å²) in [6, 6.07) is 8.30. The van der Waals surface area contributed by atoms with Gasteiger partial charge in [0, 0.05) is 19.0 Å². The van der Waals surface area contributed by atoms with Gasteiger partial charge in [-0.15, -0.1) is 0 Å². The Kier molecular flexibility index (Phi) is 3.36. The van der Waals surface area contributed by atoms with Crippen LogP contribution in [0.1, 0.15) is 38.5 Å². The number of nitrogens with zero attached hydrogens (tertiary/aromatic N) is 1. The van der Waals surface area contributed by atoms with Gasteiger partial charge in [0.2, 0.25) is 5.91 Å². The Morgan fingerprint density at radius 2 is 1.71 bits per heavy atom. The monoisotopic (exact) mass is 284 g/mol. The van der Waals surface area contributed by atoms with Crippen LogP contribution in [0.2, 0.25) is 0 Å². The van der Waals surface area contributed by atoms with E-state index in [1.165, 1.54) is 31.4 Å². The summed E-state index contributed by atoms with van der Waals surface area (Å²) in [5.41, 5.74) is 2.21. The molecule has 1 amide bonds. The Hall–Kier alpha value is -1.51. The lowest BCUT2D eigenvalue weighted by Crippen LogP contribution is -2.31. The normalized spacial score (nSPS) is 30.9. The van der Waals surface area contributed by atoms with Crippen LogP contribution in [0.3, 0.4) is 0 Å². The van der Waals surface area contributed by atoms with Crippen LogP contribution in [-0.4, -0.2) is 19.0 Å². The van der Waals surface area contributed by atoms with Crippen LogP contribution in [0.25, 0.3) is 0 Å². The zero-order valence-electron chi connectivity index (χ0n) is 12.6. The van der Waals surface area contributed by atoms with Gasteiger partial charge >= 0.3 is 0 Å². The van der Waals surface area contributed by atoms with Crippen molar-refractivity contribution in [1.29, 1.82) is 0 Å². The van der Waals surface area contributed by atoms with Gasteiger partial charge in [0.1, 0.15) is 0 Å². The molecule has 3 heteroatoms. The maximum absolute atomic E-state index is 12.5. The van der Waals surface area contributed by atoms with Gasteiger partial charge < -0.3 is 10.2 Å². The summed E-state index contributed by atoms with van der Waals surface area (Å²) in [5, 5.41) is 3.21. The number of carbonyl (C=O) groups excluding carboxylic acids is 1. The molecule has 2 unspecified atom stereocenters. The predicted molar refractivity (Wildman–Crippen MR) is 85.5 cm³/mol. The van der Waals surface area contributed by atoms with Crippen molar-refractivity contribution in [2.24, 2.45) is 17.8 Å². The van der Waals surface area contributed by atoms with E-state index in [1.54, 1.807) is 0 Å². The molecule has 1 aromatic carbocycles. The second-order valence-electron chi connectivity index (χ2n) is 6.98. The Morgan fingerprint density at radius 3 is 2.48 bits per heavy atom. The van der Waals surface area contributed by atoms with E-state index in [-0.39, 0.29) is 11.8 Å². The quantitative estimate of drug-likeness (QED) is 0.918. The van der Waals surface area contributed by atoms with E-state index in [2.05, 4.69) is 28.4 Å². The largest absolute Gasteiger partial charge is 0.370 e. The first-order valence-corrected chi connectivity index (χ1v) is 8.46. The highest BCUT2D eigenvalue weighted by atomic mass is 16.1. The maximum atomic E-state index is 12.5. The van der Waals surface area contributed by atoms with Crippen molar-refractivity contribution in [1.82, 2.24) is 0 Å². The fourth-order valence-electron chi connectivity index (χ4n) is 4.15. The smallest absolute Gasteiger partial charge is 0.227 e. The van der Waals surface area contributed by atoms with Crippen molar-refractivity contribution in [2.75, 3.05) is 23.3 Å². The zero-order valence-corrected chi connectivity index (χ0v) is 12.6. The van der Waals surface area contributed by atoms with Crippen LogP contribution in [0.15, 0.2) is 24.3 Å². The Bertz CT molecular complexity index is 526. The van der Waals surface area contributed by atoms with Gasteiger partial charge in [-0.3, -0.25) is 4.79 Å². The van der Waals surface area contributed by atoms with Crippen LogP contribution in [0.4, 0.5) is 11.4 Å². The molecule has 1 aromatic rings. The average molecular weight is 284 g/mol. The number of amides is 1. The average Bonchev–Trinajstić information content (AvgIpc) is 3.14. The van der Waals surface area contributed by atoms with Crippen molar-refractivity contribution in [3.05, 3.63) is 24.3 Å². The first-order chi connectivity index (χ1) is 10.3. The van der Waals surface area contributed by atoms with E-state index in [1.807, 2.05) is 6.07 Å². The maximum Gasteiger partial charge on any atom is 0.227 e. The second-order valence-corrected chi connectivity index (χ2v) is 6.98. The molecule has 0 aromatic heterocycles. The molecule has 2 aliphatic carbocycles. The topological polar surface area (TPSA) is 32.3 Å². The molecule has 21 heavy (non-hydrogen) atoms. The van der Waals surface area contributed by atoms with Gasteiger partial charge in [-0.1, -0.05) is 12.1 Å². The van der Waals surface area contributed by atoms with Crippen molar-refractivity contribution >= 4 is 17.3 Å². The van der Waals surface area contributed by atoms with Crippen LogP contribution >= 0.6 is 0 Å². The van der Waals surface area contributed by atoms with Crippen molar-refractivity contribution in [3.63, 3.8) is 0 Å². The standard InChI is InChI=1S/C18H24N2O/c21-18(15-11-13-10-14(13)12-15)19-16-6-2-3-7-17(16)20-8-4-1-5-9-20/h2-3,6-7,13-15H,1,4-5,8-12H2,(H,19,21). The number of hydrogen-bond donors (Lipinski definition) is 1. The lowest BCUT2D eigenvalue weighted by molar-refractivity contribution is -0.120. The molecule has 1 heterocycles. The minimum Gasteiger partial charge on any atom is -0.370 e. The molecule has 3 fully saturated rings. The molecule has 4 rings (SSSR count). The lowest BCUT2D eigenvalue weighted by atomic mass is 10.0. The summed E-state index contributed by atoms with van der Waals surface area (Å²) < 4.78 is 0. The summed E-state index contributed by atoms with van der Waals surface area (Å²) in [4.78, 5) is 14.9. The molecule has 0 radical (unpaired) electrons. The number of rotatable bonds is 3. The van der Waals surface area contributed by atoms with E-state index in [4.69, 9.17) is 0 Å². The number of nitrogens with one attached hydrogen (secondary N) is 1. The summed E-state index contributed by atoms with van der Waals surface area (Å²) in [7, 11) is 0. The Labute approximate surface area is 126 Å². The summed E-state index contributed by atoms with van der Waals surface area (Å²) in [5.74, 6) is 2.21. The predicted octanol–water partition coefficient (Wildman–Crippen LogP) is 3.66. The summed E-state index contributed by atoms with van der Waals surface area (Å²) in [6.07, 6.45) is 7.44. The molecule has 2 saturated carbocycles. The number of fused-ring (bicyclic) bond motifs is 1. The van der Waals surface area contributed by atoms with Gasteiger partial charge in [0.05, 0.1) is 11.4 Å². The Balaban J connectivity index is 1.47. The van der Waals surface area contributed by atoms with E-state index >= 15 is 0 Å². The first-order valence-electron chi connectivity index (χ1n) is 8.46. The lowest BCUT2D eigenvalue weighted by Gasteiger charge is -2.30. The molecular formula is C18H24N2O. The molecule has 1 saturated heterocycles. The van der Waals surface area contributed by atoms with Crippen LogP contribution in [0.5, 0.6) is 0 Å². The molecule has 3 aliphatic rings. The van der Waals surface area contributed by atoms with Crippen molar-refractivity contribution in [2.45, 2.75) is 38.5 Å². The Morgan fingerprint density at radius 1 is 1.00 bits per heavy atom. The van der Waals surface area contributed by atoms with Crippen molar-refractivity contribution < 1.29 is 4.79 Å². The zero-order chi connectivity index (χ0) is 14.2. The van der Waals surface area contributed by atoms with Gasteiger partial charge in [0.25, 0.3) is 0 Å². The van der Waals surface area contributed by atoms with E-state index < -0.39 is 0 Å². The number of carbonyl (C=O) groups is 1. The molecule has 0 spiro atoms. The summed E-state index contributed by atoms with van der Waals surface area (Å²) >= 11 is 0. The van der Waals surface area contributed by atoms with Gasteiger partial charge in [-0.25, -0.2) is 0 Å². The molecule has 0 bridgehead atoms. The second kappa shape index (κ2) is 5.36. The van der Waals surface area contributed by atoms with Gasteiger partial charge in [-0.05, 0) is 62.5 Å². The number of benzene rings is 1. The molecule has 2 atom stereocenters. The molecule has 112 valence electrons. The SMILES string of the molecule is O=C(Nc1ccccc1N1CCCCC1)C1CC2CC2C1. The molecular weight excluding hydrogens is 260 g/mol.